The van der Waals surface area contributed by atoms with Crippen molar-refractivity contribution in [2.24, 2.45) is 5.92 Å². The molecule has 0 saturated heterocycles. The van der Waals surface area contributed by atoms with Gasteiger partial charge < -0.3 is 5.32 Å². The van der Waals surface area contributed by atoms with E-state index in [9.17, 15) is 0 Å². The second kappa shape index (κ2) is 9.30. The average Bonchev–Trinajstić information content (AvgIpc) is 2.41. The minimum Gasteiger partial charge on any atom is -0.370 e. The highest BCUT2D eigenvalue weighted by Crippen LogP contribution is 2.10. The van der Waals surface area contributed by atoms with E-state index in [2.05, 4.69) is 47.0 Å². The van der Waals surface area contributed by atoms with Crippen molar-refractivity contribution in [1.82, 2.24) is 14.9 Å². The lowest BCUT2D eigenvalue weighted by Gasteiger charge is -2.22. The smallest absolute Gasteiger partial charge is 0.144 e. The lowest BCUT2D eigenvalue weighted by molar-refractivity contribution is 0.235. The van der Waals surface area contributed by atoms with Crippen LogP contribution in [0.3, 0.4) is 0 Å². The molecule has 116 valence electrons. The summed E-state index contributed by atoms with van der Waals surface area (Å²) in [5.74, 6) is 2.28. The van der Waals surface area contributed by atoms with Gasteiger partial charge in [0.15, 0.2) is 0 Å². The van der Waals surface area contributed by atoms with Crippen LogP contribution in [0.2, 0.25) is 0 Å². The molecule has 1 N–H and O–H groups in total. The molecular formula is C16H27N5. The van der Waals surface area contributed by atoms with Crippen LogP contribution < -0.4 is 5.32 Å². The first-order valence-electron chi connectivity index (χ1n) is 7.72. The highest BCUT2D eigenvalue weighted by atomic mass is 15.2. The van der Waals surface area contributed by atoms with E-state index in [4.69, 9.17) is 5.26 Å². The van der Waals surface area contributed by atoms with Crippen LogP contribution in [0.5, 0.6) is 0 Å². The number of aryl methyl sites for hydroxylation is 1. The normalized spacial score (nSPS) is 10.9. The van der Waals surface area contributed by atoms with E-state index in [1.54, 1.807) is 0 Å². The van der Waals surface area contributed by atoms with E-state index in [1.165, 1.54) is 0 Å². The van der Waals surface area contributed by atoms with Crippen molar-refractivity contribution in [1.29, 1.82) is 5.26 Å². The average molecular weight is 289 g/mol. The maximum Gasteiger partial charge on any atom is 0.144 e. The van der Waals surface area contributed by atoms with Gasteiger partial charge in [-0.05, 0) is 19.3 Å². The lowest BCUT2D eigenvalue weighted by atomic mass is 10.2. The summed E-state index contributed by atoms with van der Waals surface area (Å²) in [6.07, 6.45) is 1.61. The highest BCUT2D eigenvalue weighted by molar-refractivity contribution is 5.35. The number of aromatic nitrogens is 2. The maximum absolute atomic E-state index is 8.78. The van der Waals surface area contributed by atoms with E-state index in [0.717, 1.165) is 43.4 Å². The van der Waals surface area contributed by atoms with Crippen molar-refractivity contribution >= 4 is 5.82 Å². The van der Waals surface area contributed by atoms with Gasteiger partial charge in [-0.1, -0.05) is 20.8 Å². The minimum absolute atomic E-state index is 0.541. The van der Waals surface area contributed by atoms with Crippen LogP contribution in [0, 0.1) is 24.2 Å². The SMILES string of the molecule is CCCNc1cc(C)nc(CN(CCC#N)CC(C)C)n1. The Hall–Kier alpha value is -1.67. The molecule has 1 heterocycles. The van der Waals surface area contributed by atoms with E-state index in [-0.39, 0.29) is 0 Å². The van der Waals surface area contributed by atoms with Crippen LogP contribution in [0.4, 0.5) is 5.82 Å². The summed E-state index contributed by atoms with van der Waals surface area (Å²) in [6.45, 7) is 11.8. The van der Waals surface area contributed by atoms with Crippen LogP contribution in [-0.4, -0.2) is 34.5 Å². The Kier molecular flexibility index (Phi) is 7.70. The van der Waals surface area contributed by atoms with Crippen LogP contribution >= 0.6 is 0 Å². The van der Waals surface area contributed by atoms with Gasteiger partial charge in [0.2, 0.25) is 0 Å². The molecule has 1 aromatic rings. The van der Waals surface area contributed by atoms with Gasteiger partial charge in [-0.15, -0.1) is 0 Å². The first-order valence-corrected chi connectivity index (χ1v) is 7.72. The quantitative estimate of drug-likeness (QED) is 0.757. The fraction of sp³-hybridized carbons (Fsp3) is 0.688. The van der Waals surface area contributed by atoms with E-state index >= 15 is 0 Å². The van der Waals surface area contributed by atoms with Crippen molar-refractivity contribution < 1.29 is 0 Å². The number of nitrogens with one attached hydrogen (secondary N) is 1. The second-order valence-electron chi connectivity index (χ2n) is 5.77. The third-order valence-electron chi connectivity index (χ3n) is 2.98. The molecule has 0 saturated carbocycles. The monoisotopic (exact) mass is 289 g/mol. The molecule has 0 amide bonds. The largest absolute Gasteiger partial charge is 0.370 e. The van der Waals surface area contributed by atoms with Gasteiger partial charge in [-0.3, -0.25) is 4.90 Å². The zero-order valence-electron chi connectivity index (χ0n) is 13.7. The summed E-state index contributed by atoms with van der Waals surface area (Å²) in [5, 5.41) is 12.1. The van der Waals surface area contributed by atoms with Gasteiger partial charge in [0.25, 0.3) is 0 Å². The topological polar surface area (TPSA) is 64.8 Å². The first-order chi connectivity index (χ1) is 10.0. The number of anilines is 1. The molecule has 1 aromatic heterocycles. The molecule has 5 heteroatoms. The van der Waals surface area contributed by atoms with Crippen molar-refractivity contribution in [3.8, 4) is 6.07 Å². The van der Waals surface area contributed by atoms with Gasteiger partial charge in [0.1, 0.15) is 11.6 Å². The Bertz CT molecular complexity index is 464. The summed E-state index contributed by atoms with van der Waals surface area (Å²) in [7, 11) is 0. The third-order valence-corrected chi connectivity index (χ3v) is 2.98. The molecule has 0 radical (unpaired) electrons. The fourth-order valence-corrected chi connectivity index (χ4v) is 2.20. The molecule has 0 aliphatic rings. The molecule has 21 heavy (non-hydrogen) atoms. The number of hydrogen-bond acceptors (Lipinski definition) is 5. The molecule has 0 fully saturated rings. The molecule has 0 spiro atoms. The van der Waals surface area contributed by atoms with Crippen molar-refractivity contribution in [2.45, 2.75) is 47.1 Å². The molecular weight excluding hydrogens is 262 g/mol. The highest BCUT2D eigenvalue weighted by Gasteiger charge is 2.11. The summed E-state index contributed by atoms with van der Waals surface area (Å²) >= 11 is 0. The number of nitriles is 1. The number of nitrogens with zero attached hydrogens (tertiary/aromatic N) is 4. The number of hydrogen-bond donors (Lipinski definition) is 1. The Labute approximate surface area is 128 Å². The molecule has 1 rings (SSSR count). The molecule has 0 aliphatic heterocycles. The van der Waals surface area contributed by atoms with E-state index in [0.29, 0.717) is 18.9 Å². The Balaban J connectivity index is 2.76. The molecule has 0 aromatic carbocycles. The first kappa shape index (κ1) is 17.4. The minimum atomic E-state index is 0.541. The van der Waals surface area contributed by atoms with Crippen molar-refractivity contribution in [2.75, 3.05) is 25.0 Å². The third kappa shape index (κ3) is 7.05. The standard InChI is InChI=1S/C16H27N5/c1-5-8-18-15-10-14(4)19-16(20-15)12-21(9-6-7-17)11-13(2)3/h10,13H,5-6,8-9,11-12H2,1-4H3,(H,18,19,20). The van der Waals surface area contributed by atoms with Gasteiger partial charge in [0, 0.05) is 37.8 Å². The molecule has 0 atom stereocenters. The second-order valence-corrected chi connectivity index (χ2v) is 5.77. The molecule has 0 unspecified atom stereocenters. The maximum atomic E-state index is 8.78. The number of rotatable bonds is 9. The van der Waals surface area contributed by atoms with E-state index in [1.807, 2.05) is 13.0 Å². The van der Waals surface area contributed by atoms with Crippen LogP contribution in [-0.2, 0) is 6.54 Å². The Morgan fingerprint density at radius 3 is 2.76 bits per heavy atom. The zero-order valence-corrected chi connectivity index (χ0v) is 13.7. The lowest BCUT2D eigenvalue weighted by Crippen LogP contribution is -2.29. The summed E-state index contributed by atoms with van der Waals surface area (Å²) in [6, 6.07) is 4.19. The summed E-state index contributed by atoms with van der Waals surface area (Å²) in [5.41, 5.74) is 0.975. The summed E-state index contributed by atoms with van der Waals surface area (Å²) in [4.78, 5) is 11.4. The van der Waals surface area contributed by atoms with Crippen LogP contribution in [0.15, 0.2) is 6.07 Å². The van der Waals surface area contributed by atoms with Gasteiger partial charge in [-0.2, -0.15) is 5.26 Å². The van der Waals surface area contributed by atoms with Crippen LogP contribution in [0.25, 0.3) is 0 Å². The predicted molar refractivity (Wildman–Crippen MR) is 85.9 cm³/mol. The van der Waals surface area contributed by atoms with Gasteiger partial charge >= 0.3 is 0 Å². The molecule has 0 aliphatic carbocycles. The van der Waals surface area contributed by atoms with Crippen molar-refractivity contribution in [3.63, 3.8) is 0 Å². The Morgan fingerprint density at radius 1 is 1.38 bits per heavy atom. The van der Waals surface area contributed by atoms with Crippen molar-refractivity contribution in [3.05, 3.63) is 17.6 Å². The summed E-state index contributed by atoms with van der Waals surface area (Å²) < 4.78 is 0. The van der Waals surface area contributed by atoms with E-state index < -0.39 is 0 Å². The van der Waals surface area contributed by atoms with Gasteiger partial charge in [0.05, 0.1) is 12.6 Å². The fourth-order valence-electron chi connectivity index (χ4n) is 2.20. The van der Waals surface area contributed by atoms with Gasteiger partial charge in [-0.25, -0.2) is 9.97 Å². The predicted octanol–water partition coefficient (Wildman–Crippen LogP) is 2.98. The molecule has 5 nitrogen and oxygen atoms in total. The zero-order chi connectivity index (χ0) is 15.7. The Morgan fingerprint density at radius 2 is 2.14 bits per heavy atom. The molecule has 0 bridgehead atoms. The van der Waals surface area contributed by atoms with Crippen LogP contribution in [0.1, 0.15) is 45.1 Å².